The number of benzene rings is 1. The molecule has 0 radical (unpaired) electrons. The van der Waals surface area contributed by atoms with Crippen molar-refractivity contribution in [2.24, 2.45) is 13.0 Å². The van der Waals surface area contributed by atoms with E-state index in [0.29, 0.717) is 12.7 Å². The van der Waals surface area contributed by atoms with E-state index in [9.17, 15) is 0 Å². The molecule has 3 heterocycles. The first-order valence-electron chi connectivity index (χ1n) is 7.99. The molecule has 0 aliphatic carbocycles. The van der Waals surface area contributed by atoms with Gasteiger partial charge in [0.2, 0.25) is 6.79 Å². The van der Waals surface area contributed by atoms with Gasteiger partial charge in [-0.05, 0) is 12.5 Å². The fourth-order valence-corrected chi connectivity index (χ4v) is 3.32. The molecule has 23 heavy (non-hydrogen) atoms. The Morgan fingerprint density at radius 3 is 3.17 bits per heavy atom. The molecule has 4 rings (SSSR count). The van der Waals surface area contributed by atoms with E-state index in [-0.39, 0.29) is 6.10 Å². The molecule has 6 nitrogen and oxygen atoms in total. The summed E-state index contributed by atoms with van der Waals surface area (Å²) in [5, 5.41) is 7.79. The lowest BCUT2D eigenvalue weighted by Gasteiger charge is -2.18. The van der Waals surface area contributed by atoms with Gasteiger partial charge < -0.3 is 19.5 Å². The van der Waals surface area contributed by atoms with Crippen LogP contribution >= 0.6 is 0 Å². The summed E-state index contributed by atoms with van der Waals surface area (Å²) in [7, 11) is 1.93. The average molecular weight is 315 g/mol. The minimum absolute atomic E-state index is 0.136. The Labute approximate surface area is 135 Å². The maximum Gasteiger partial charge on any atom is 0.231 e. The highest BCUT2D eigenvalue weighted by molar-refractivity contribution is 5.48. The molecular weight excluding hydrogens is 294 g/mol. The molecule has 6 heteroatoms. The Hall–Kier alpha value is -2.05. The maximum absolute atomic E-state index is 5.90. The first-order chi connectivity index (χ1) is 11.3. The molecule has 1 aromatic carbocycles. The maximum atomic E-state index is 5.90. The van der Waals surface area contributed by atoms with Crippen molar-refractivity contribution in [1.82, 2.24) is 15.1 Å². The van der Waals surface area contributed by atoms with Crippen molar-refractivity contribution in [2.75, 3.05) is 19.9 Å². The van der Waals surface area contributed by atoms with Gasteiger partial charge in [-0.25, -0.2) is 0 Å². The number of aryl methyl sites for hydroxylation is 1. The van der Waals surface area contributed by atoms with Crippen LogP contribution in [0, 0.1) is 5.92 Å². The number of aromatic nitrogens is 2. The van der Waals surface area contributed by atoms with Gasteiger partial charge in [0, 0.05) is 50.0 Å². The lowest BCUT2D eigenvalue weighted by molar-refractivity contribution is 0.0904. The van der Waals surface area contributed by atoms with E-state index in [2.05, 4.69) is 16.5 Å². The number of fused-ring (bicyclic) bond motifs is 1. The van der Waals surface area contributed by atoms with Crippen molar-refractivity contribution < 1.29 is 14.2 Å². The molecule has 0 bridgehead atoms. The van der Waals surface area contributed by atoms with Gasteiger partial charge >= 0.3 is 0 Å². The quantitative estimate of drug-likeness (QED) is 0.915. The second-order valence-electron chi connectivity index (χ2n) is 6.07. The zero-order valence-electron chi connectivity index (χ0n) is 13.2. The summed E-state index contributed by atoms with van der Waals surface area (Å²) in [6.45, 7) is 2.79. The van der Waals surface area contributed by atoms with Crippen LogP contribution in [0.4, 0.5) is 0 Å². The standard InChI is InChI=1S/C17H21N3O3/c1-20-10-14(9-19-20)16-13(5-6-21-16)8-18-7-12-3-2-4-15-17(12)23-11-22-15/h2-4,9-10,13,16,18H,5-8,11H2,1H3/t13-,16+/m1/s1. The zero-order valence-corrected chi connectivity index (χ0v) is 13.2. The summed E-state index contributed by atoms with van der Waals surface area (Å²) >= 11 is 0. The average Bonchev–Trinajstić information content (AvgIpc) is 3.26. The molecule has 0 spiro atoms. The van der Waals surface area contributed by atoms with Crippen LogP contribution in [0.3, 0.4) is 0 Å². The minimum atomic E-state index is 0.136. The third-order valence-corrected chi connectivity index (χ3v) is 4.47. The fraction of sp³-hybridized carbons (Fsp3) is 0.471. The fourth-order valence-electron chi connectivity index (χ4n) is 3.32. The van der Waals surface area contributed by atoms with Crippen LogP contribution in [-0.4, -0.2) is 29.7 Å². The van der Waals surface area contributed by atoms with Gasteiger partial charge in [0.25, 0.3) is 0 Å². The van der Waals surface area contributed by atoms with Crippen LogP contribution in [0.15, 0.2) is 30.6 Å². The highest BCUT2D eigenvalue weighted by atomic mass is 16.7. The number of ether oxygens (including phenoxy) is 3. The van der Waals surface area contributed by atoms with Gasteiger partial charge in [0.05, 0.1) is 12.3 Å². The Morgan fingerprint density at radius 1 is 1.35 bits per heavy atom. The first-order valence-corrected chi connectivity index (χ1v) is 7.99. The van der Waals surface area contributed by atoms with E-state index in [4.69, 9.17) is 14.2 Å². The van der Waals surface area contributed by atoms with E-state index in [1.807, 2.05) is 36.3 Å². The zero-order chi connectivity index (χ0) is 15.6. The summed E-state index contributed by atoms with van der Waals surface area (Å²) < 4.78 is 18.7. The van der Waals surface area contributed by atoms with E-state index in [0.717, 1.165) is 48.7 Å². The summed E-state index contributed by atoms with van der Waals surface area (Å²) in [5.74, 6) is 2.17. The molecule has 0 unspecified atom stereocenters. The van der Waals surface area contributed by atoms with Gasteiger partial charge in [-0.3, -0.25) is 4.68 Å². The largest absolute Gasteiger partial charge is 0.454 e. The summed E-state index contributed by atoms with van der Waals surface area (Å²) in [4.78, 5) is 0. The molecule has 2 aromatic rings. The van der Waals surface area contributed by atoms with Crippen LogP contribution in [-0.2, 0) is 18.3 Å². The molecule has 1 aromatic heterocycles. The molecule has 122 valence electrons. The normalized spacial score (nSPS) is 22.7. The van der Waals surface area contributed by atoms with Gasteiger partial charge in [0.1, 0.15) is 0 Å². The van der Waals surface area contributed by atoms with E-state index in [1.54, 1.807) is 0 Å². The number of hydrogen-bond donors (Lipinski definition) is 1. The number of rotatable bonds is 5. The Kier molecular flexibility index (Phi) is 3.93. The molecule has 2 atom stereocenters. The first kappa shape index (κ1) is 14.5. The third-order valence-electron chi connectivity index (χ3n) is 4.47. The Morgan fingerprint density at radius 2 is 2.30 bits per heavy atom. The predicted octanol–water partition coefficient (Wildman–Crippen LogP) is 2.02. The van der Waals surface area contributed by atoms with Crippen LogP contribution in [0.2, 0.25) is 0 Å². The van der Waals surface area contributed by atoms with Crippen LogP contribution in [0.25, 0.3) is 0 Å². The SMILES string of the molecule is Cn1cc([C@H]2OCC[C@@H]2CNCc2cccc3c2OCO3)cn1. The van der Waals surface area contributed by atoms with Crippen molar-refractivity contribution in [3.63, 3.8) is 0 Å². The predicted molar refractivity (Wildman–Crippen MR) is 84.3 cm³/mol. The number of para-hydroxylation sites is 1. The lowest BCUT2D eigenvalue weighted by atomic mass is 9.97. The summed E-state index contributed by atoms with van der Waals surface area (Å²) in [6, 6.07) is 6.01. The number of nitrogens with zero attached hydrogens (tertiary/aromatic N) is 2. The van der Waals surface area contributed by atoms with Crippen molar-refractivity contribution in [3.05, 3.63) is 41.7 Å². The molecule has 1 fully saturated rings. The number of nitrogens with one attached hydrogen (secondary N) is 1. The molecule has 1 N–H and O–H groups in total. The van der Waals surface area contributed by atoms with Crippen molar-refractivity contribution >= 4 is 0 Å². The minimum Gasteiger partial charge on any atom is -0.454 e. The van der Waals surface area contributed by atoms with Gasteiger partial charge in [0.15, 0.2) is 11.5 Å². The second kappa shape index (κ2) is 6.22. The van der Waals surface area contributed by atoms with E-state index in [1.165, 1.54) is 0 Å². The van der Waals surface area contributed by atoms with Gasteiger partial charge in [-0.2, -0.15) is 5.10 Å². The van der Waals surface area contributed by atoms with Gasteiger partial charge in [-0.15, -0.1) is 0 Å². The van der Waals surface area contributed by atoms with Crippen LogP contribution < -0.4 is 14.8 Å². The Bertz CT molecular complexity index is 685. The van der Waals surface area contributed by atoms with Crippen LogP contribution in [0.1, 0.15) is 23.7 Å². The van der Waals surface area contributed by atoms with Crippen molar-refractivity contribution in [3.8, 4) is 11.5 Å². The van der Waals surface area contributed by atoms with Crippen molar-refractivity contribution in [1.29, 1.82) is 0 Å². The smallest absolute Gasteiger partial charge is 0.231 e. The van der Waals surface area contributed by atoms with E-state index >= 15 is 0 Å². The summed E-state index contributed by atoms with van der Waals surface area (Å²) in [6.07, 6.45) is 5.15. The molecule has 2 aliphatic heterocycles. The lowest BCUT2D eigenvalue weighted by Crippen LogP contribution is -2.24. The topological polar surface area (TPSA) is 57.5 Å². The molecule has 0 saturated carbocycles. The summed E-state index contributed by atoms with van der Waals surface area (Å²) in [5.41, 5.74) is 2.30. The highest BCUT2D eigenvalue weighted by Gasteiger charge is 2.30. The molecule has 0 amide bonds. The van der Waals surface area contributed by atoms with E-state index < -0.39 is 0 Å². The number of hydrogen-bond acceptors (Lipinski definition) is 5. The monoisotopic (exact) mass is 315 g/mol. The van der Waals surface area contributed by atoms with Crippen LogP contribution in [0.5, 0.6) is 11.5 Å². The Balaban J connectivity index is 1.37. The van der Waals surface area contributed by atoms with Gasteiger partial charge in [-0.1, -0.05) is 12.1 Å². The molecular formula is C17H21N3O3. The van der Waals surface area contributed by atoms with Crippen molar-refractivity contribution in [2.45, 2.75) is 19.1 Å². The highest BCUT2D eigenvalue weighted by Crippen LogP contribution is 2.36. The second-order valence-corrected chi connectivity index (χ2v) is 6.07. The third kappa shape index (κ3) is 2.92. The molecule has 1 saturated heterocycles. The molecule has 2 aliphatic rings.